The quantitative estimate of drug-likeness (QED) is 0.754. The maximum Gasteiger partial charge on any atom is 0.250 e. The van der Waals surface area contributed by atoms with Crippen LogP contribution in [0.25, 0.3) is 11.5 Å². The summed E-state index contributed by atoms with van der Waals surface area (Å²) >= 11 is 7.71. The lowest BCUT2D eigenvalue weighted by atomic mass is 10.2. The SMILES string of the molecule is CSc1cccc(Cl)c1-c1nnc(C)o1. The average Bonchev–Trinajstić information content (AvgIpc) is 2.64. The molecule has 2 rings (SSSR count). The zero-order chi connectivity index (χ0) is 10.8. The highest BCUT2D eigenvalue weighted by Gasteiger charge is 2.14. The molecular weight excluding hydrogens is 232 g/mol. The number of aromatic nitrogens is 2. The fraction of sp³-hybridized carbons (Fsp3) is 0.200. The molecule has 0 aliphatic carbocycles. The third-order valence-electron chi connectivity index (χ3n) is 1.94. The zero-order valence-corrected chi connectivity index (χ0v) is 9.89. The van der Waals surface area contributed by atoms with Crippen molar-refractivity contribution in [3.05, 3.63) is 29.1 Å². The molecule has 2 aromatic rings. The Morgan fingerprint density at radius 1 is 1.33 bits per heavy atom. The Kier molecular flexibility index (Phi) is 2.98. The topological polar surface area (TPSA) is 38.9 Å². The van der Waals surface area contributed by atoms with Crippen molar-refractivity contribution in [1.29, 1.82) is 0 Å². The molecule has 0 unspecified atom stereocenters. The van der Waals surface area contributed by atoms with Gasteiger partial charge < -0.3 is 4.42 Å². The van der Waals surface area contributed by atoms with E-state index in [-0.39, 0.29) is 0 Å². The summed E-state index contributed by atoms with van der Waals surface area (Å²) in [5.41, 5.74) is 0.812. The Hall–Kier alpha value is -1.00. The van der Waals surface area contributed by atoms with E-state index in [0.29, 0.717) is 16.8 Å². The Morgan fingerprint density at radius 3 is 2.73 bits per heavy atom. The maximum atomic E-state index is 6.11. The van der Waals surface area contributed by atoms with E-state index in [1.54, 1.807) is 18.7 Å². The van der Waals surface area contributed by atoms with E-state index in [4.69, 9.17) is 16.0 Å². The monoisotopic (exact) mass is 240 g/mol. The molecule has 0 saturated carbocycles. The first-order chi connectivity index (χ1) is 7.22. The van der Waals surface area contributed by atoms with Crippen LogP contribution in [-0.4, -0.2) is 16.5 Å². The first kappa shape index (κ1) is 10.5. The molecule has 1 aromatic heterocycles. The van der Waals surface area contributed by atoms with Crippen molar-refractivity contribution >= 4 is 23.4 Å². The molecule has 0 aliphatic rings. The summed E-state index contributed by atoms with van der Waals surface area (Å²) in [6, 6.07) is 5.70. The first-order valence-electron chi connectivity index (χ1n) is 4.35. The van der Waals surface area contributed by atoms with Crippen molar-refractivity contribution in [3.8, 4) is 11.5 Å². The van der Waals surface area contributed by atoms with Gasteiger partial charge in [0, 0.05) is 11.8 Å². The molecule has 0 saturated heterocycles. The summed E-state index contributed by atoms with van der Waals surface area (Å²) in [5, 5.41) is 8.40. The van der Waals surface area contributed by atoms with E-state index < -0.39 is 0 Å². The minimum atomic E-state index is 0.474. The molecule has 1 aromatic carbocycles. The normalized spacial score (nSPS) is 10.6. The Labute approximate surface area is 96.8 Å². The second-order valence-electron chi connectivity index (χ2n) is 2.94. The molecule has 0 aliphatic heterocycles. The van der Waals surface area contributed by atoms with Gasteiger partial charge in [0.2, 0.25) is 11.8 Å². The van der Waals surface area contributed by atoms with Crippen LogP contribution in [0.3, 0.4) is 0 Å². The van der Waals surface area contributed by atoms with Gasteiger partial charge in [-0.05, 0) is 18.4 Å². The van der Waals surface area contributed by atoms with Crippen molar-refractivity contribution in [3.63, 3.8) is 0 Å². The molecule has 0 atom stereocenters. The van der Waals surface area contributed by atoms with Gasteiger partial charge >= 0.3 is 0 Å². The van der Waals surface area contributed by atoms with Crippen LogP contribution >= 0.6 is 23.4 Å². The second-order valence-corrected chi connectivity index (χ2v) is 4.20. The average molecular weight is 241 g/mol. The van der Waals surface area contributed by atoms with Gasteiger partial charge in [-0.25, -0.2) is 0 Å². The third-order valence-corrected chi connectivity index (χ3v) is 3.03. The van der Waals surface area contributed by atoms with E-state index in [1.165, 1.54) is 0 Å². The number of halogens is 1. The molecule has 78 valence electrons. The zero-order valence-electron chi connectivity index (χ0n) is 8.32. The van der Waals surface area contributed by atoms with Crippen LogP contribution in [0.4, 0.5) is 0 Å². The highest BCUT2D eigenvalue weighted by Crippen LogP contribution is 2.35. The lowest BCUT2D eigenvalue weighted by Gasteiger charge is -2.04. The summed E-state index contributed by atoms with van der Waals surface area (Å²) < 4.78 is 5.37. The third kappa shape index (κ3) is 2.01. The van der Waals surface area contributed by atoms with Crippen LogP contribution in [0.5, 0.6) is 0 Å². The number of benzene rings is 1. The van der Waals surface area contributed by atoms with Crippen LogP contribution in [-0.2, 0) is 0 Å². The fourth-order valence-electron chi connectivity index (χ4n) is 1.28. The number of nitrogens with zero attached hydrogens (tertiary/aromatic N) is 2. The van der Waals surface area contributed by atoms with Gasteiger partial charge in [0.05, 0.1) is 10.6 Å². The highest BCUT2D eigenvalue weighted by molar-refractivity contribution is 7.98. The fourth-order valence-corrected chi connectivity index (χ4v) is 2.21. The molecule has 3 nitrogen and oxygen atoms in total. The molecule has 0 spiro atoms. The predicted octanol–water partition coefficient (Wildman–Crippen LogP) is 3.42. The van der Waals surface area contributed by atoms with Gasteiger partial charge in [-0.15, -0.1) is 22.0 Å². The van der Waals surface area contributed by atoms with E-state index in [1.807, 2.05) is 24.5 Å². The van der Waals surface area contributed by atoms with Crippen molar-refractivity contribution in [2.75, 3.05) is 6.26 Å². The molecule has 0 N–H and O–H groups in total. The molecule has 0 amide bonds. The molecule has 5 heteroatoms. The lowest BCUT2D eigenvalue weighted by Crippen LogP contribution is -1.83. The number of hydrogen-bond acceptors (Lipinski definition) is 4. The van der Waals surface area contributed by atoms with Crippen LogP contribution in [0.2, 0.25) is 5.02 Å². The maximum absolute atomic E-state index is 6.11. The highest BCUT2D eigenvalue weighted by atomic mass is 35.5. The van der Waals surface area contributed by atoms with Gasteiger partial charge in [-0.1, -0.05) is 17.7 Å². The van der Waals surface area contributed by atoms with Gasteiger partial charge in [-0.2, -0.15) is 0 Å². The summed E-state index contributed by atoms with van der Waals surface area (Å²) in [6.07, 6.45) is 1.98. The predicted molar refractivity (Wildman–Crippen MR) is 61.3 cm³/mol. The van der Waals surface area contributed by atoms with E-state index in [9.17, 15) is 0 Å². The molecule has 0 radical (unpaired) electrons. The van der Waals surface area contributed by atoms with Crippen LogP contribution < -0.4 is 0 Å². The van der Waals surface area contributed by atoms with Crippen molar-refractivity contribution in [2.45, 2.75) is 11.8 Å². The molecule has 0 bridgehead atoms. The van der Waals surface area contributed by atoms with Gasteiger partial charge in [0.25, 0.3) is 0 Å². The molecule has 0 fully saturated rings. The van der Waals surface area contributed by atoms with Gasteiger partial charge in [0.15, 0.2) is 0 Å². The first-order valence-corrected chi connectivity index (χ1v) is 5.95. The number of aryl methyl sites for hydroxylation is 1. The Morgan fingerprint density at radius 2 is 2.13 bits per heavy atom. The summed E-state index contributed by atoms with van der Waals surface area (Å²) in [4.78, 5) is 1.03. The largest absolute Gasteiger partial charge is 0.421 e. The number of thioether (sulfide) groups is 1. The minimum Gasteiger partial charge on any atom is -0.421 e. The number of rotatable bonds is 2. The number of hydrogen-bond donors (Lipinski definition) is 0. The summed E-state index contributed by atoms with van der Waals surface area (Å²) in [7, 11) is 0. The van der Waals surface area contributed by atoms with Gasteiger partial charge in [0.1, 0.15) is 0 Å². The Bertz CT molecular complexity index is 484. The molecule has 1 heterocycles. The van der Waals surface area contributed by atoms with E-state index in [2.05, 4.69) is 10.2 Å². The smallest absolute Gasteiger partial charge is 0.250 e. The molecule has 15 heavy (non-hydrogen) atoms. The van der Waals surface area contributed by atoms with Crippen LogP contribution in [0.1, 0.15) is 5.89 Å². The summed E-state index contributed by atoms with van der Waals surface area (Å²) in [5.74, 6) is 1.01. The van der Waals surface area contributed by atoms with E-state index >= 15 is 0 Å². The van der Waals surface area contributed by atoms with Crippen molar-refractivity contribution in [2.24, 2.45) is 0 Å². The molecular formula is C10H9ClN2OS. The standard InChI is InChI=1S/C10H9ClN2OS/c1-6-12-13-10(14-6)9-7(11)4-3-5-8(9)15-2/h3-5H,1-2H3. The second kappa shape index (κ2) is 4.24. The lowest BCUT2D eigenvalue weighted by molar-refractivity contribution is 0.532. The van der Waals surface area contributed by atoms with Crippen molar-refractivity contribution < 1.29 is 4.42 Å². The minimum absolute atomic E-state index is 0.474. The summed E-state index contributed by atoms with van der Waals surface area (Å²) in [6.45, 7) is 1.76. The van der Waals surface area contributed by atoms with Crippen molar-refractivity contribution in [1.82, 2.24) is 10.2 Å². The van der Waals surface area contributed by atoms with Gasteiger partial charge in [-0.3, -0.25) is 0 Å². The van der Waals surface area contributed by atoms with Crippen LogP contribution in [0.15, 0.2) is 27.5 Å². The van der Waals surface area contributed by atoms with E-state index in [0.717, 1.165) is 10.5 Å². The Balaban J connectivity index is 2.60. The van der Waals surface area contributed by atoms with Crippen LogP contribution in [0, 0.1) is 6.92 Å².